The second-order valence-corrected chi connectivity index (χ2v) is 13.5. The van der Waals surface area contributed by atoms with Gasteiger partial charge in [0.1, 0.15) is 6.04 Å². The lowest BCUT2D eigenvalue weighted by Gasteiger charge is -2.15. The topological polar surface area (TPSA) is 29.0 Å². The fourth-order valence-corrected chi connectivity index (χ4v) is 8.35. The highest BCUT2D eigenvalue weighted by Crippen LogP contribution is 2.47. The van der Waals surface area contributed by atoms with Crippen molar-refractivity contribution < 1.29 is 0 Å². The van der Waals surface area contributed by atoms with Gasteiger partial charge in [0.05, 0.1) is 11.0 Å². The van der Waals surface area contributed by atoms with Crippen molar-refractivity contribution in [1.82, 2.24) is 15.4 Å². The first-order valence-corrected chi connectivity index (χ1v) is 17.6. The highest BCUT2D eigenvalue weighted by Gasteiger charge is 2.21. The Morgan fingerprint density at radius 2 is 1.22 bits per heavy atom. The monoisotopic (exact) mass is 647 g/mol. The van der Waals surface area contributed by atoms with E-state index in [9.17, 15) is 0 Å². The van der Waals surface area contributed by atoms with Gasteiger partial charge in [-0.1, -0.05) is 145 Å². The molecule has 0 radical (unpaired) electrons. The average Bonchev–Trinajstić information content (AvgIpc) is 3.72. The van der Waals surface area contributed by atoms with E-state index in [1.54, 1.807) is 0 Å². The number of fused-ring (bicyclic) bond motifs is 10. The van der Waals surface area contributed by atoms with Crippen LogP contribution in [0.15, 0.2) is 158 Å². The van der Waals surface area contributed by atoms with E-state index in [0.29, 0.717) is 6.42 Å². The summed E-state index contributed by atoms with van der Waals surface area (Å²) in [5.41, 5.74) is 14.0. The minimum atomic E-state index is -0.125. The predicted molar refractivity (Wildman–Crippen MR) is 208 cm³/mol. The van der Waals surface area contributed by atoms with Crippen LogP contribution in [-0.2, 0) is 13.0 Å². The van der Waals surface area contributed by atoms with Crippen molar-refractivity contribution in [2.75, 3.05) is 0 Å². The van der Waals surface area contributed by atoms with Gasteiger partial charge in [0.15, 0.2) is 0 Å². The third-order valence-corrected chi connectivity index (χ3v) is 10.6. The van der Waals surface area contributed by atoms with Gasteiger partial charge >= 0.3 is 0 Å². The summed E-state index contributed by atoms with van der Waals surface area (Å²) < 4.78 is 5.15. The van der Waals surface area contributed by atoms with Crippen LogP contribution in [-0.4, -0.2) is 4.57 Å². The minimum absolute atomic E-state index is 0.125. The van der Waals surface area contributed by atoms with E-state index in [0.717, 1.165) is 17.8 Å². The van der Waals surface area contributed by atoms with Gasteiger partial charge in [-0.3, -0.25) is 5.43 Å². The highest BCUT2D eigenvalue weighted by atomic mass is 32.1. The molecule has 0 fully saturated rings. The lowest BCUT2D eigenvalue weighted by atomic mass is 10.00. The minimum Gasteiger partial charge on any atom is -0.309 e. The summed E-state index contributed by atoms with van der Waals surface area (Å²) in [6.45, 7) is 0.722. The molecule has 2 N–H and O–H groups in total. The summed E-state index contributed by atoms with van der Waals surface area (Å²) in [5.74, 6) is 6.95. The first-order chi connectivity index (χ1) is 24.3. The van der Waals surface area contributed by atoms with Crippen LogP contribution < -0.4 is 10.9 Å². The molecule has 1 atom stereocenters. The maximum atomic E-state index is 3.48. The van der Waals surface area contributed by atoms with Crippen LogP contribution in [0.2, 0.25) is 0 Å². The molecule has 1 unspecified atom stereocenters. The maximum absolute atomic E-state index is 3.48. The number of hydrogen-bond donors (Lipinski definition) is 2. The van der Waals surface area contributed by atoms with E-state index in [1.165, 1.54) is 63.9 Å². The summed E-state index contributed by atoms with van der Waals surface area (Å²) in [6.07, 6.45) is 0.668. The molecule has 9 rings (SSSR count). The number of aromatic nitrogens is 1. The zero-order chi connectivity index (χ0) is 32.6. The van der Waals surface area contributed by atoms with Gasteiger partial charge in [-0.15, -0.1) is 11.3 Å². The zero-order valence-electron chi connectivity index (χ0n) is 26.9. The fraction of sp³-hybridized carbons (Fsp3) is 0.0667. The van der Waals surface area contributed by atoms with E-state index < -0.39 is 0 Å². The molecular weight excluding hydrogens is 615 g/mol. The SMILES string of the molecule is C(#CC(NNCc1ccccc1)c1ccccc1)Cc1ccc(-n2c3ccccc3c3c4c5ccccc5sc4c4ccccc4c32)cc1. The molecule has 0 aliphatic heterocycles. The summed E-state index contributed by atoms with van der Waals surface area (Å²) in [5, 5.41) is 7.89. The Hall–Kier alpha value is -5.70. The van der Waals surface area contributed by atoms with Gasteiger partial charge < -0.3 is 4.57 Å². The molecule has 2 aromatic heterocycles. The van der Waals surface area contributed by atoms with Gasteiger partial charge in [-0.05, 0) is 41.0 Å². The van der Waals surface area contributed by atoms with Crippen LogP contribution in [0.1, 0.15) is 22.7 Å². The Morgan fingerprint density at radius 3 is 2.02 bits per heavy atom. The third-order valence-electron chi connectivity index (χ3n) is 9.40. The Balaban J connectivity index is 1.08. The largest absolute Gasteiger partial charge is 0.309 e. The fourth-order valence-electron chi connectivity index (χ4n) is 7.10. The quantitative estimate of drug-likeness (QED) is 0.133. The number of rotatable bonds is 7. The summed E-state index contributed by atoms with van der Waals surface area (Å²) in [6, 6.07) is 56.2. The Bertz CT molecular complexity index is 2660. The second kappa shape index (κ2) is 12.7. The Morgan fingerprint density at radius 1 is 0.571 bits per heavy atom. The van der Waals surface area contributed by atoms with E-state index in [2.05, 4.69) is 173 Å². The number of thiophene rings is 1. The summed E-state index contributed by atoms with van der Waals surface area (Å²) in [4.78, 5) is 0. The molecule has 234 valence electrons. The molecule has 0 bridgehead atoms. The highest BCUT2D eigenvalue weighted by molar-refractivity contribution is 7.27. The van der Waals surface area contributed by atoms with Crippen molar-refractivity contribution >= 4 is 64.1 Å². The molecule has 0 saturated heterocycles. The number of hydrogen-bond acceptors (Lipinski definition) is 3. The van der Waals surface area contributed by atoms with Crippen molar-refractivity contribution in [3.05, 3.63) is 174 Å². The van der Waals surface area contributed by atoms with Crippen LogP contribution in [0.3, 0.4) is 0 Å². The molecule has 0 amide bonds. The van der Waals surface area contributed by atoms with Crippen LogP contribution in [0.4, 0.5) is 0 Å². The molecule has 9 aromatic rings. The van der Waals surface area contributed by atoms with Crippen molar-refractivity contribution in [3.63, 3.8) is 0 Å². The third kappa shape index (κ3) is 5.35. The lowest BCUT2D eigenvalue weighted by molar-refractivity contribution is 0.496. The van der Waals surface area contributed by atoms with Crippen molar-refractivity contribution in [2.45, 2.75) is 19.0 Å². The molecular formula is C45H33N3S. The van der Waals surface area contributed by atoms with Gasteiger partial charge in [-0.2, -0.15) is 0 Å². The molecule has 49 heavy (non-hydrogen) atoms. The standard InChI is InChI=1S/C45H33N3S/c1-3-14-32(15-4-1)30-46-47-39(33-17-5-2-6-18-33)23-13-16-31-26-28-34(29-27-31)48-40-24-11-9-21-37(40)42-43-38-22-10-12-25-41(38)49-45(43)36-20-8-7-19-35(36)44(42)48/h1-12,14-15,17-22,24-29,39,46-47H,16,30H2. The number of nitrogens with zero attached hydrogens (tertiary/aromatic N) is 1. The first kappa shape index (κ1) is 29.4. The number of hydrazine groups is 1. The van der Waals surface area contributed by atoms with Crippen LogP contribution >= 0.6 is 11.3 Å². The zero-order valence-corrected chi connectivity index (χ0v) is 27.7. The smallest absolute Gasteiger partial charge is 0.107 e. The van der Waals surface area contributed by atoms with Crippen molar-refractivity contribution in [2.24, 2.45) is 0 Å². The maximum Gasteiger partial charge on any atom is 0.107 e. The normalized spacial score (nSPS) is 12.2. The van der Waals surface area contributed by atoms with Gasteiger partial charge in [0, 0.05) is 60.4 Å². The summed E-state index contributed by atoms with van der Waals surface area (Å²) >= 11 is 1.90. The van der Waals surface area contributed by atoms with E-state index in [4.69, 9.17) is 0 Å². The van der Waals surface area contributed by atoms with E-state index >= 15 is 0 Å². The number of benzene rings is 7. The molecule has 3 nitrogen and oxygen atoms in total. The van der Waals surface area contributed by atoms with Crippen molar-refractivity contribution in [1.29, 1.82) is 0 Å². The first-order valence-electron chi connectivity index (χ1n) is 16.7. The summed E-state index contributed by atoms with van der Waals surface area (Å²) in [7, 11) is 0. The van der Waals surface area contributed by atoms with Crippen LogP contribution in [0, 0.1) is 11.8 Å². The second-order valence-electron chi connectivity index (χ2n) is 12.4. The van der Waals surface area contributed by atoms with E-state index in [1.807, 2.05) is 23.5 Å². The predicted octanol–water partition coefficient (Wildman–Crippen LogP) is 10.9. The number of nitrogens with one attached hydrogen (secondary N) is 2. The Labute approximate surface area is 289 Å². The van der Waals surface area contributed by atoms with Gasteiger partial charge in [0.2, 0.25) is 0 Å². The molecule has 0 aliphatic carbocycles. The molecule has 0 aliphatic rings. The number of para-hydroxylation sites is 1. The van der Waals surface area contributed by atoms with Gasteiger partial charge in [-0.25, -0.2) is 5.43 Å². The molecule has 7 aromatic carbocycles. The Kier molecular flexibility index (Phi) is 7.65. The molecule has 2 heterocycles. The van der Waals surface area contributed by atoms with Gasteiger partial charge in [0.25, 0.3) is 0 Å². The molecule has 0 spiro atoms. The molecule has 4 heteroatoms. The average molecular weight is 648 g/mol. The van der Waals surface area contributed by atoms with Crippen molar-refractivity contribution in [3.8, 4) is 17.5 Å². The molecule has 0 saturated carbocycles. The van der Waals surface area contributed by atoms with Crippen LogP contribution in [0.5, 0.6) is 0 Å². The van der Waals surface area contributed by atoms with E-state index in [-0.39, 0.29) is 6.04 Å². The lowest BCUT2D eigenvalue weighted by Crippen LogP contribution is -2.34. The van der Waals surface area contributed by atoms with Crippen LogP contribution in [0.25, 0.3) is 58.4 Å².